The molecule has 0 fully saturated rings. The predicted molar refractivity (Wildman–Crippen MR) is 124 cm³/mol. The van der Waals surface area contributed by atoms with Crippen LogP contribution < -0.4 is 16.3 Å². The molecule has 3 aromatic rings. The minimum Gasteiger partial charge on any atom is -0.326 e. The smallest absolute Gasteiger partial charge is 0.326 e. The van der Waals surface area contributed by atoms with Crippen LogP contribution in [0.5, 0.6) is 0 Å². The quantitative estimate of drug-likeness (QED) is 0.424. The van der Waals surface area contributed by atoms with Crippen molar-refractivity contribution in [1.82, 2.24) is 14.5 Å². The van der Waals surface area contributed by atoms with Crippen LogP contribution in [0.2, 0.25) is 0 Å². The molecule has 32 heavy (non-hydrogen) atoms. The van der Waals surface area contributed by atoms with Crippen molar-refractivity contribution in [3.8, 4) is 0 Å². The summed E-state index contributed by atoms with van der Waals surface area (Å²) in [4.78, 5) is 44.7. The van der Waals surface area contributed by atoms with Gasteiger partial charge in [-0.3, -0.25) is 19.1 Å². The molecule has 0 unspecified atom stereocenters. The largest absolute Gasteiger partial charge is 0.349 e. The molecule has 0 spiro atoms. The van der Waals surface area contributed by atoms with Gasteiger partial charge in [-0.25, -0.2) is 4.79 Å². The summed E-state index contributed by atoms with van der Waals surface area (Å²) in [6, 6.07) is 10.7. The lowest BCUT2D eigenvalue weighted by molar-refractivity contribution is -0.114. The molecule has 1 aliphatic rings. The number of nitrogens with zero attached hydrogens (tertiary/aromatic N) is 3. The van der Waals surface area contributed by atoms with Crippen molar-refractivity contribution in [1.29, 1.82) is 0 Å². The summed E-state index contributed by atoms with van der Waals surface area (Å²) < 4.78 is 1.72. The maximum absolute atomic E-state index is 12.7. The fourth-order valence-corrected chi connectivity index (χ4v) is 4.59. The Morgan fingerprint density at radius 3 is 2.53 bits per heavy atom. The highest BCUT2D eigenvalue weighted by molar-refractivity contribution is 8.00. The number of hydrogen-bond donors (Lipinski definition) is 2. The van der Waals surface area contributed by atoms with Crippen LogP contribution in [0.15, 0.2) is 58.6 Å². The Bertz CT molecular complexity index is 1190. The monoisotopic (exact) mass is 449 g/mol. The van der Waals surface area contributed by atoms with Crippen LogP contribution in [0.4, 0.5) is 11.4 Å². The minimum atomic E-state index is -0.300. The lowest BCUT2D eigenvalue weighted by atomic mass is 10.2. The number of anilines is 2. The predicted octanol–water partition coefficient (Wildman–Crippen LogP) is 2.86. The Balaban J connectivity index is 1.43. The maximum atomic E-state index is 12.7. The number of hydrogen-bond acceptors (Lipinski definition) is 6. The number of nitrogens with one attached hydrogen (secondary N) is 2. The van der Waals surface area contributed by atoms with Crippen LogP contribution in [0, 0.1) is 0 Å². The molecule has 1 aliphatic carbocycles. The molecular formula is C23H23N5O3S. The molecule has 0 atom stereocenters. The zero-order chi connectivity index (χ0) is 22.5. The van der Waals surface area contributed by atoms with E-state index < -0.39 is 0 Å². The fraction of sp³-hybridized carbons (Fsp3) is 0.261. The molecule has 9 heteroatoms. The summed E-state index contributed by atoms with van der Waals surface area (Å²) in [5.41, 5.74) is 4.02. The molecule has 2 heterocycles. The summed E-state index contributed by atoms with van der Waals surface area (Å²) in [6.07, 6.45) is 6.10. The number of carbonyl (C=O) groups excluding carboxylic acids is 2. The third-order valence-electron chi connectivity index (χ3n) is 5.09. The standard InChI is InChI=1S/C23H23N5O3S/c1-15(29)25-17-7-9-18(10-8-17)26-21(30)14-32-22-19-5-2-6-20(19)28(23(31)27-22)13-16-4-3-11-24-12-16/h3-4,7-12H,2,5-6,13-14H2,1H3,(H,25,29)(H,26,30). The second-order valence-corrected chi connectivity index (χ2v) is 8.49. The highest BCUT2D eigenvalue weighted by Crippen LogP contribution is 2.29. The van der Waals surface area contributed by atoms with Crippen LogP contribution in [0.1, 0.15) is 30.2 Å². The van der Waals surface area contributed by atoms with E-state index in [2.05, 4.69) is 20.6 Å². The molecule has 8 nitrogen and oxygen atoms in total. The normalized spacial score (nSPS) is 12.3. The number of amides is 2. The Morgan fingerprint density at radius 2 is 1.84 bits per heavy atom. The van der Waals surface area contributed by atoms with Crippen LogP contribution in [-0.2, 0) is 29.0 Å². The van der Waals surface area contributed by atoms with Gasteiger partial charge >= 0.3 is 5.69 Å². The van der Waals surface area contributed by atoms with Gasteiger partial charge in [0.05, 0.1) is 12.3 Å². The zero-order valence-corrected chi connectivity index (χ0v) is 18.4. The first-order chi connectivity index (χ1) is 15.5. The molecule has 2 N–H and O–H groups in total. The van der Waals surface area contributed by atoms with E-state index in [4.69, 9.17) is 0 Å². The highest BCUT2D eigenvalue weighted by Gasteiger charge is 2.22. The molecule has 0 saturated heterocycles. The third-order valence-corrected chi connectivity index (χ3v) is 6.11. The van der Waals surface area contributed by atoms with E-state index in [1.165, 1.54) is 18.7 Å². The van der Waals surface area contributed by atoms with Crippen molar-refractivity contribution < 1.29 is 9.59 Å². The third kappa shape index (κ3) is 5.23. The first-order valence-electron chi connectivity index (χ1n) is 10.3. The van der Waals surface area contributed by atoms with Gasteiger partial charge in [-0.15, -0.1) is 0 Å². The zero-order valence-electron chi connectivity index (χ0n) is 17.6. The molecule has 0 radical (unpaired) electrons. The number of rotatable bonds is 7. The lowest BCUT2D eigenvalue weighted by Gasteiger charge is -2.14. The van der Waals surface area contributed by atoms with E-state index >= 15 is 0 Å². The highest BCUT2D eigenvalue weighted by atomic mass is 32.2. The average Bonchev–Trinajstić information content (AvgIpc) is 3.26. The second kappa shape index (κ2) is 9.78. The first kappa shape index (κ1) is 21.8. The SMILES string of the molecule is CC(=O)Nc1ccc(NC(=O)CSc2nc(=O)n(Cc3cccnc3)c3c2CCC3)cc1. The molecule has 2 aromatic heterocycles. The van der Waals surface area contributed by atoms with Gasteiger partial charge < -0.3 is 10.6 Å². The van der Waals surface area contributed by atoms with E-state index in [1.807, 2.05) is 12.1 Å². The van der Waals surface area contributed by atoms with Crippen LogP contribution in [0.25, 0.3) is 0 Å². The number of fused-ring (bicyclic) bond motifs is 1. The van der Waals surface area contributed by atoms with Crippen molar-refractivity contribution in [2.75, 3.05) is 16.4 Å². The van der Waals surface area contributed by atoms with Crippen molar-refractivity contribution >= 4 is 35.0 Å². The van der Waals surface area contributed by atoms with E-state index in [9.17, 15) is 14.4 Å². The van der Waals surface area contributed by atoms with E-state index in [1.54, 1.807) is 41.2 Å². The van der Waals surface area contributed by atoms with Crippen LogP contribution in [-0.4, -0.2) is 32.1 Å². The molecule has 1 aromatic carbocycles. The average molecular weight is 450 g/mol. The lowest BCUT2D eigenvalue weighted by Crippen LogP contribution is -2.28. The Morgan fingerprint density at radius 1 is 1.09 bits per heavy atom. The van der Waals surface area contributed by atoms with E-state index in [0.717, 1.165) is 36.1 Å². The number of benzene rings is 1. The summed E-state index contributed by atoms with van der Waals surface area (Å²) in [5.74, 6) is -0.185. The fourth-order valence-electron chi connectivity index (χ4n) is 3.71. The second-order valence-electron chi connectivity index (χ2n) is 7.52. The minimum absolute atomic E-state index is 0.152. The van der Waals surface area contributed by atoms with Gasteiger partial charge in [-0.05, 0) is 55.2 Å². The Labute approximate surface area is 189 Å². The van der Waals surface area contributed by atoms with Gasteiger partial charge in [0.2, 0.25) is 11.8 Å². The molecule has 2 amide bonds. The molecular weight excluding hydrogens is 426 g/mol. The van der Waals surface area contributed by atoms with Gasteiger partial charge in [0.25, 0.3) is 0 Å². The van der Waals surface area contributed by atoms with Gasteiger partial charge in [-0.1, -0.05) is 17.8 Å². The van der Waals surface area contributed by atoms with Crippen molar-refractivity contribution in [2.45, 2.75) is 37.8 Å². The first-order valence-corrected chi connectivity index (χ1v) is 11.3. The topological polar surface area (TPSA) is 106 Å². The number of carbonyl (C=O) groups is 2. The van der Waals surface area contributed by atoms with E-state index in [0.29, 0.717) is 22.9 Å². The van der Waals surface area contributed by atoms with E-state index in [-0.39, 0.29) is 23.3 Å². The van der Waals surface area contributed by atoms with Gasteiger partial charge in [-0.2, -0.15) is 4.98 Å². The summed E-state index contributed by atoms with van der Waals surface area (Å²) in [5, 5.41) is 6.15. The maximum Gasteiger partial charge on any atom is 0.349 e. The van der Waals surface area contributed by atoms with Gasteiger partial charge in [0.1, 0.15) is 5.03 Å². The number of thioether (sulfide) groups is 1. The number of pyridine rings is 1. The summed E-state index contributed by atoms with van der Waals surface area (Å²) in [6.45, 7) is 1.89. The molecule has 0 aliphatic heterocycles. The molecule has 4 rings (SSSR count). The molecule has 0 bridgehead atoms. The molecule has 164 valence electrons. The van der Waals surface area contributed by atoms with Crippen LogP contribution >= 0.6 is 11.8 Å². The Kier molecular flexibility index (Phi) is 6.65. The number of aromatic nitrogens is 3. The summed E-state index contributed by atoms with van der Waals surface area (Å²) in [7, 11) is 0. The van der Waals surface area contributed by atoms with Gasteiger partial charge in [0, 0.05) is 41.9 Å². The van der Waals surface area contributed by atoms with Crippen LogP contribution in [0.3, 0.4) is 0 Å². The molecule has 0 saturated carbocycles. The van der Waals surface area contributed by atoms with Crippen molar-refractivity contribution in [3.63, 3.8) is 0 Å². The van der Waals surface area contributed by atoms with Gasteiger partial charge in [0.15, 0.2) is 0 Å². The van der Waals surface area contributed by atoms with Crippen molar-refractivity contribution in [2.24, 2.45) is 0 Å². The Hall–Kier alpha value is -3.46. The summed E-state index contributed by atoms with van der Waals surface area (Å²) >= 11 is 1.29. The van der Waals surface area contributed by atoms with Crippen molar-refractivity contribution in [3.05, 3.63) is 76.1 Å².